The molecule has 0 radical (unpaired) electrons. The zero-order chi connectivity index (χ0) is 11.3. The van der Waals surface area contributed by atoms with Gasteiger partial charge in [-0.3, -0.25) is 15.1 Å². The molecule has 1 rings (SSSR count). The Morgan fingerprint density at radius 1 is 1.60 bits per heavy atom. The van der Waals surface area contributed by atoms with Gasteiger partial charge in [-0.05, 0) is 12.1 Å². The van der Waals surface area contributed by atoms with Gasteiger partial charge in [0.25, 0.3) is 0 Å². The monoisotopic (exact) mass is 210 g/mol. The van der Waals surface area contributed by atoms with Gasteiger partial charge in [-0.1, -0.05) is 0 Å². The van der Waals surface area contributed by atoms with Gasteiger partial charge < -0.3 is 5.11 Å². The molecule has 6 heteroatoms. The predicted molar refractivity (Wildman–Crippen MR) is 50.9 cm³/mol. The number of hydrogen-bond donors (Lipinski definition) is 1. The Labute approximate surface area is 84.3 Å². The highest BCUT2D eigenvalue weighted by Crippen LogP contribution is 2.10. The summed E-state index contributed by atoms with van der Waals surface area (Å²) in [6, 6.07) is 1.07. The van der Waals surface area contributed by atoms with E-state index in [0.29, 0.717) is 6.20 Å². The molecule has 1 aromatic rings. The maximum Gasteiger partial charge on any atom is 0.234 e. The van der Waals surface area contributed by atoms with Crippen molar-refractivity contribution in [3.05, 3.63) is 58.3 Å². The molecule has 0 aliphatic carbocycles. The summed E-state index contributed by atoms with van der Waals surface area (Å²) in [7, 11) is 0. The van der Waals surface area contributed by atoms with Crippen molar-refractivity contribution in [2.75, 3.05) is 0 Å². The summed E-state index contributed by atoms with van der Waals surface area (Å²) in [5.41, 5.74) is 0.156. The van der Waals surface area contributed by atoms with Crippen molar-refractivity contribution in [1.29, 1.82) is 0 Å². The normalized spacial score (nSPS) is 11.9. The summed E-state index contributed by atoms with van der Waals surface area (Å²) in [5, 5.41) is 19.2. The van der Waals surface area contributed by atoms with Crippen LogP contribution in [0.15, 0.2) is 36.8 Å². The van der Waals surface area contributed by atoms with Crippen LogP contribution >= 0.6 is 0 Å². The first kappa shape index (κ1) is 10.8. The summed E-state index contributed by atoms with van der Waals surface area (Å²) in [4.78, 5) is 12.7. The van der Waals surface area contributed by atoms with E-state index in [1.807, 2.05) is 0 Å². The van der Waals surface area contributed by atoms with E-state index in [9.17, 15) is 19.6 Å². The van der Waals surface area contributed by atoms with E-state index in [0.717, 1.165) is 24.4 Å². The fraction of sp³-hybridized carbons (Fsp3) is 0. The van der Waals surface area contributed by atoms with Crippen molar-refractivity contribution in [1.82, 2.24) is 4.98 Å². The number of allylic oxidation sites excluding steroid dienone is 2. The maximum absolute atomic E-state index is 12.7. The predicted octanol–water partition coefficient (Wildman–Crippen LogP) is 1.91. The van der Waals surface area contributed by atoms with Crippen LogP contribution in [0.2, 0.25) is 0 Å². The molecule has 0 saturated carbocycles. The Balaban J connectivity index is 2.84. The van der Waals surface area contributed by atoms with Gasteiger partial charge in [-0.25, -0.2) is 4.39 Å². The largest absolute Gasteiger partial charge is 0.507 e. The van der Waals surface area contributed by atoms with Gasteiger partial charge in [0.15, 0.2) is 0 Å². The van der Waals surface area contributed by atoms with Crippen LogP contribution in [-0.2, 0) is 0 Å². The van der Waals surface area contributed by atoms with Gasteiger partial charge in [-0.2, -0.15) is 0 Å². The van der Waals surface area contributed by atoms with Crippen LogP contribution in [-0.4, -0.2) is 15.0 Å². The molecule has 5 nitrogen and oxygen atoms in total. The van der Waals surface area contributed by atoms with Gasteiger partial charge in [0.1, 0.15) is 11.6 Å². The van der Waals surface area contributed by atoms with Crippen LogP contribution in [0.1, 0.15) is 5.56 Å². The quantitative estimate of drug-likeness (QED) is 0.358. The van der Waals surface area contributed by atoms with E-state index in [2.05, 4.69) is 4.98 Å². The highest BCUT2D eigenvalue weighted by Gasteiger charge is 1.99. The second-order valence-corrected chi connectivity index (χ2v) is 2.57. The number of pyridine rings is 1. The average molecular weight is 210 g/mol. The van der Waals surface area contributed by atoms with Crippen molar-refractivity contribution < 1.29 is 14.4 Å². The summed E-state index contributed by atoms with van der Waals surface area (Å²) >= 11 is 0. The molecule has 15 heavy (non-hydrogen) atoms. The van der Waals surface area contributed by atoms with Gasteiger partial charge in [0.2, 0.25) is 6.20 Å². The highest BCUT2D eigenvalue weighted by molar-refractivity contribution is 5.58. The van der Waals surface area contributed by atoms with Gasteiger partial charge in [0, 0.05) is 17.8 Å². The van der Waals surface area contributed by atoms with Crippen molar-refractivity contribution >= 4 is 5.76 Å². The molecule has 0 fully saturated rings. The molecular formula is C9H7FN2O3. The molecule has 0 bridgehead atoms. The fourth-order valence-corrected chi connectivity index (χ4v) is 0.853. The number of rotatable bonds is 3. The summed E-state index contributed by atoms with van der Waals surface area (Å²) in [6.07, 6.45) is 5.01. The standard InChI is InChI=1S/C9H7FN2O3/c10-8-4-7(5-11-6-8)9(13)2-1-3-12(14)15/h1-6,13H. The van der Waals surface area contributed by atoms with Gasteiger partial charge in [-0.15, -0.1) is 0 Å². The minimum Gasteiger partial charge on any atom is -0.507 e. The molecular weight excluding hydrogens is 203 g/mol. The second-order valence-electron chi connectivity index (χ2n) is 2.57. The first-order chi connectivity index (χ1) is 7.09. The molecule has 0 aliphatic rings. The lowest BCUT2D eigenvalue weighted by molar-refractivity contribution is -0.402. The Morgan fingerprint density at radius 3 is 2.93 bits per heavy atom. The Bertz CT molecular complexity index is 429. The lowest BCUT2D eigenvalue weighted by Crippen LogP contribution is -1.87. The lowest BCUT2D eigenvalue weighted by Gasteiger charge is -1.97. The third kappa shape index (κ3) is 3.55. The molecule has 0 aromatic carbocycles. The van der Waals surface area contributed by atoms with Crippen LogP contribution in [0.25, 0.3) is 5.76 Å². The molecule has 78 valence electrons. The number of nitrogens with zero attached hydrogens (tertiary/aromatic N) is 2. The zero-order valence-electron chi connectivity index (χ0n) is 7.50. The van der Waals surface area contributed by atoms with Crippen LogP contribution in [0.3, 0.4) is 0 Å². The molecule has 1 aromatic heterocycles. The summed E-state index contributed by atoms with van der Waals surface area (Å²) < 4.78 is 12.7. The molecule has 0 aliphatic heterocycles. The maximum atomic E-state index is 12.7. The molecule has 0 spiro atoms. The van der Waals surface area contributed by atoms with E-state index in [1.165, 1.54) is 6.20 Å². The first-order valence-electron chi connectivity index (χ1n) is 3.91. The van der Waals surface area contributed by atoms with Gasteiger partial charge >= 0.3 is 0 Å². The Hall–Kier alpha value is -2.24. The van der Waals surface area contributed by atoms with E-state index < -0.39 is 10.7 Å². The third-order valence-corrected chi connectivity index (χ3v) is 1.46. The summed E-state index contributed by atoms with van der Waals surface area (Å²) in [6.45, 7) is 0. The molecule has 0 saturated heterocycles. The van der Waals surface area contributed by atoms with Gasteiger partial charge in [0.05, 0.1) is 11.1 Å². The number of nitro groups is 1. The highest BCUT2D eigenvalue weighted by atomic mass is 19.1. The van der Waals surface area contributed by atoms with Crippen LogP contribution in [0.5, 0.6) is 0 Å². The van der Waals surface area contributed by atoms with E-state index in [1.54, 1.807) is 0 Å². The van der Waals surface area contributed by atoms with Crippen molar-refractivity contribution in [2.24, 2.45) is 0 Å². The van der Waals surface area contributed by atoms with E-state index >= 15 is 0 Å². The average Bonchev–Trinajstić information content (AvgIpc) is 2.17. The third-order valence-electron chi connectivity index (χ3n) is 1.46. The first-order valence-corrected chi connectivity index (χ1v) is 3.91. The van der Waals surface area contributed by atoms with Crippen LogP contribution in [0.4, 0.5) is 4.39 Å². The zero-order valence-corrected chi connectivity index (χ0v) is 7.50. The topological polar surface area (TPSA) is 76.3 Å². The lowest BCUT2D eigenvalue weighted by atomic mass is 10.2. The van der Waals surface area contributed by atoms with E-state index in [4.69, 9.17) is 0 Å². The number of halogens is 1. The summed E-state index contributed by atoms with van der Waals surface area (Å²) in [5.74, 6) is -0.884. The minimum absolute atomic E-state index is 0.156. The Kier molecular flexibility index (Phi) is 3.50. The number of aliphatic hydroxyl groups is 1. The molecule has 0 atom stereocenters. The molecule has 0 amide bonds. The number of hydrogen-bond acceptors (Lipinski definition) is 4. The van der Waals surface area contributed by atoms with Crippen molar-refractivity contribution in [2.45, 2.75) is 0 Å². The number of aliphatic hydroxyl groups excluding tert-OH is 1. The van der Waals surface area contributed by atoms with Crippen molar-refractivity contribution in [3.63, 3.8) is 0 Å². The molecule has 1 N–H and O–H groups in total. The second kappa shape index (κ2) is 4.85. The van der Waals surface area contributed by atoms with Crippen LogP contribution < -0.4 is 0 Å². The minimum atomic E-state index is -0.673. The molecule has 1 heterocycles. The SMILES string of the molecule is O=[N+]([O-])C=CC=C(O)c1cncc(F)c1. The van der Waals surface area contributed by atoms with Crippen LogP contribution in [0, 0.1) is 15.9 Å². The molecule has 0 unspecified atom stereocenters. The van der Waals surface area contributed by atoms with E-state index in [-0.39, 0.29) is 11.3 Å². The Morgan fingerprint density at radius 2 is 2.33 bits per heavy atom. The van der Waals surface area contributed by atoms with Crippen molar-refractivity contribution in [3.8, 4) is 0 Å². The number of aromatic nitrogens is 1. The smallest absolute Gasteiger partial charge is 0.234 e. The fourth-order valence-electron chi connectivity index (χ4n) is 0.853.